The highest BCUT2D eigenvalue weighted by atomic mass is 16.6. The Morgan fingerprint density at radius 3 is 2.53 bits per heavy atom. The first-order chi connectivity index (χ1) is 14.4. The third kappa shape index (κ3) is 4.32. The number of nitro groups is 1. The van der Waals surface area contributed by atoms with Crippen molar-refractivity contribution in [2.45, 2.75) is 0 Å². The summed E-state index contributed by atoms with van der Waals surface area (Å²) >= 11 is 0. The maximum absolute atomic E-state index is 12.3. The van der Waals surface area contributed by atoms with Crippen molar-refractivity contribution in [3.05, 3.63) is 62.4 Å². The number of hydrogen-bond donors (Lipinski definition) is 3. The average molecular weight is 412 g/mol. The van der Waals surface area contributed by atoms with Crippen LogP contribution >= 0.6 is 0 Å². The smallest absolute Gasteiger partial charge is 0.282 e. The minimum absolute atomic E-state index is 0.0101. The van der Waals surface area contributed by atoms with E-state index < -0.39 is 10.5 Å². The van der Waals surface area contributed by atoms with Crippen molar-refractivity contribution in [2.75, 3.05) is 19.6 Å². The van der Waals surface area contributed by atoms with E-state index in [0.29, 0.717) is 11.3 Å². The number of hydrogen-bond acceptors (Lipinski definition) is 10. The fraction of sp³-hybridized carbons (Fsp3) is 0.111. The van der Waals surface area contributed by atoms with Crippen LogP contribution in [0.15, 0.2) is 46.3 Å². The van der Waals surface area contributed by atoms with Gasteiger partial charge in [0.15, 0.2) is 17.2 Å². The standard InChI is InChI=1S/C18H16N6O6/c1-29-12-5-3-10(4-6-12)16-17(26)20-18(23-21-16)22-19-9-11-7-14(25)15(30-2)8-13(11)24(27)28/h3-9,25H,1-2H3,(H2,20,22,23,26)/b19-9+. The van der Waals surface area contributed by atoms with Gasteiger partial charge in [-0.05, 0) is 30.3 Å². The van der Waals surface area contributed by atoms with E-state index >= 15 is 0 Å². The lowest BCUT2D eigenvalue weighted by Gasteiger charge is -2.05. The SMILES string of the molecule is COc1ccc(-c2nnc(N/N=C/c3cc(O)c(OC)cc3[N+](=O)[O-])[nH]c2=O)cc1. The van der Waals surface area contributed by atoms with Gasteiger partial charge in [-0.15, -0.1) is 10.2 Å². The first-order valence-electron chi connectivity index (χ1n) is 8.38. The van der Waals surface area contributed by atoms with Crippen LogP contribution < -0.4 is 20.5 Å². The highest BCUT2D eigenvalue weighted by Crippen LogP contribution is 2.32. The molecule has 3 N–H and O–H groups in total. The Kier molecular flexibility index (Phi) is 5.86. The number of aromatic amines is 1. The maximum Gasteiger partial charge on any atom is 0.282 e. The second kappa shape index (κ2) is 8.68. The Bertz CT molecular complexity index is 1160. The number of hydrazone groups is 1. The van der Waals surface area contributed by atoms with Gasteiger partial charge in [0.25, 0.3) is 11.2 Å². The molecule has 3 rings (SSSR count). The van der Waals surface area contributed by atoms with Crippen LogP contribution in [0.5, 0.6) is 17.2 Å². The molecule has 12 heteroatoms. The van der Waals surface area contributed by atoms with Gasteiger partial charge in [-0.3, -0.25) is 19.9 Å². The molecule has 0 amide bonds. The summed E-state index contributed by atoms with van der Waals surface area (Å²) in [6.45, 7) is 0. The van der Waals surface area contributed by atoms with E-state index in [1.165, 1.54) is 14.2 Å². The molecule has 3 aromatic rings. The number of anilines is 1. The molecule has 0 radical (unpaired) electrons. The fourth-order valence-electron chi connectivity index (χ4n) is 2.49. The maximum atomic E-state index is 12.3. The molecule has 30 heavy (non-hydrogen) atoms. The molecule has 2 aromatic carbocycles. The molecular weight excluding hydrogens is 396 g/mol. The first-order valence-corrected chi connectivity index (χ1v) is 8.38. The largest absolute Gasteiger partial charge is 0.504 e. The summed E-state index contributed by atoms with van der Waals surface area (Å²) in [5.41, 5.74) is 2.24. The Morgan fingerprint density at radius 2 is 1.93 bits per heavy atom. The van der Waals surface area contributed by atoms with E-state index in [0.717, 1.165) is 18.3 Å². The van der Waals surface area contributed by atoms with Gasteiger partial charge in [0.2, 0.25) is 5.95 Å². The van der Waals surface area contributed by atoms with Gasteiger partial charge in [-0.25, -0.2) is 5.43 Å². The number of benzene rings is 2. The van der Waals surface area contributed by atoms with Crippen LogP contribution in [0.1, 0.15) is 5.56 Å². The molecule has 0 spiro atoms. The number of phenolic OH excluding ortho intramolecular Hbond substituents is 1. The number of nitro benzene ring substituents is 1. The van der Waals surface area contributed by atoms with E-state index in [1.54, 1.807) is 24.3 Å². The zero-order valence-corrected chi connectivity index (χ0v) is 15.8. The van der Waals surface area contributed by atoms with Crippen LogP contribution in [-0.2, 0) is 0 Å². The van der Waals surface area contributed by atoms with Gasteiger partial charge in [-0.2, -0.15) is 5.10 Å². The summed E-state index contributed by atoms with van der Waals surface area (Å²) in [5.74, 6) is 0.223. The van der Waals surface area contributed by atoms with E-state index in [9.17, 15) is 20.0 Å². The molecular formula is C18H16N6O6. The van der Waals surface area contributed by atoms with Crippen molar-refractivity contribution < 1.29 is 19.5 Å². The highest BCUT2D eigenvalue weighted by molar-refractivity contribution is 5.87. The van der Waals surface area contributed by atoms with Gasteiger partial charge in [0.1, 0.15) is 5.75 Å². The van der Waals surface area contributed by atoms with Crippen LogP contribution in [0, 0.1) is 10.1 Å². The topological polar surface area (TPSA) is 165 Å². The lowest BCUT2D eigenvalue weighted by atomic mass is 10.1. The van der Waals surface area contributed by atoms with Crippen LogP contribution in [0.2, 0.25) is 0 Å². The number of H-pyrrole nitrogens is 1. The van der Waals surface area contributed by atoms with Crippen molar-refractivity contribution in [1.82, 2.24) is 15.2 Å². The fourth-order valence-corrected chi connectivity index (χ4v) is 2.49. The van der Waals surface area contributed by atoms with E-state index in [4.69, 9.17) is 9.47 Å². The third-order valence-corrected chi connectivity index (χ3v) is 3.96. The Labute approximate surface area is 169 Å². The van der Waals surface area contributed by atoms with Crippen molar-refractivity contribution in [2.24, 2.45) is 5.10 Å². The van der Waals surface area contributed by atoms with Crippen molar-refractivity contribution in [3.63, 3.8) is 0 Å². The van der Waals surface area contributed by atoms with Crippen LogP contribution in [-0.4, -0.2) is 45.6 Å². The number of ether oxygens (including phenoxy) is 2. The molecule has 0 unspecified atom stereocenters. The second-order valence-electron chi connectivity index (χ2n) is 5.79. The molecule has 0 saturated heterocycles. The number of nitrogens with one attached hydrogen (secondary N) is 2. The zero-order valence-electron chi connectivity index (χ0n) is 15.8. The summed E-state index contributed by atoms with van der Waals surface area (Å²) in [4.78, 5) is 25.3. The summed E-state index contributed by atoms with van der Waals surface area (Å²) in [5, 5.41) is 32.5. The monoisotopic (exact) mass is 412 g/mol. The van der Waals surface area contributed by atoms with Gasteiger partial charge in [0.05, 0.1) is 37.0 Å². The number of nitrogens with zero attached hydrogens (tertiary/aromatic N) is 4. The van der Waals surface area contributed by atoms with Gasteiger partial charge in [-0.1, -0.05) is 0 Å². The van der Waals surface area contributed by atoms with Crippen molar-refractivity contribution >= 4 is 17.9 Å². The predicted molar refractivity (Wildman–Crippen MR) is 107 cm³/mol. The molecule has 0 fully saturated rings. The van der Waals surface area contributed by atoms with Gasteiger partial charge >= 0.3 is 0 Å². The van der Waals surface area contributed by atoms with Crippen LogP contribution in [0.4, 0.5) is 11.6 Å². The molecule has 0 atom stereocenters. The van der Waals surface area contributed by atoms with E-state index in [1.807, 2.05) is 0 Å². The third-order valence-electron chi connectivity index (χ3n) is 3.96. The normalized spacial score (nSPS) is 10.7. The molecule has 1 heterocycles. The summed E-state index contributed by atoms with van der Waals surface area (Å²) in [7, 11) is 2.81. The van der Waals surface area contributed by atoms with Crippen molar-refractivity contribution in [1.29, 1.82) is 0 Å². The molecule has 0 aliphatic carbocycles. The van der Waals surface area contributed by atoms with Gasteiger partial charge < -0.3 is 14.6 Å². The number of aromatic hydroxyl groups is 1. The average Bonchev–Trinajstić information content (AvgIpc) is 2.74. The van der Waals surface area contributed by atoms with Gasteiger partial charge in [0, 0.05) is 5.56 Å². The molecule has 0 aliphatic heterocycles. The van der Waals surface area contributed by atoms with E-state index in [2.05, 4.69) is 25.7 Å². The zero-order chi connectivity index (χ0) is 21.7. The Hall–Kier alpha value is -4.48. The molecule has 12 nitrogen and oxygen atoms in total. The minimum Gasteiger partial charge on any atom is -0.504 e. The Morgan fingerprint density at radius 1 is 1.20 bits per heavy atom. The van der Waals surface area contributed by atoms with Crippen LogP contribution in [0.3, 0.4) is 0 Å². The predicted octanol–water partition coefficient (Wildman–Crippen LogP) is 1.91. The molecule has 0 saturated carbocycles. The number of phenols is 1. The quantitative estimate of drug-likeness (QED) is 0.298. The lowest BCUT2D eigenvalue weighted by Crippen LogP contribution is -2.15. The Balaban J connectivity index is 1.80. The molecule has 154 valence electrons. The molecule has 0 bridgehead atoms. The second-order valence-corrected chi connectivity index (χ2v) is 5.79. The summed E-state index contributed by atoms with van der Waals surface area (Å²) in [6, 6.07) is 8.90. The summed E-state index contributed by atoms with van der Waals surface area (Å²) in [6.07, 6.45) is 1.09. The number of methoxy groups -OCH3 is 2. The van der Waals surface area contributed by atoms with E-state index in [-0.39, 0.29) is 34.4 Å². The highest BCUT2D eigenvalue weighted by Gasteiger charge is 2.17. The summed E-state index contributed by atoms with van der Waals surface area (Å²) < 4.78 is 9.92. The minimum atomic E-state index is -0.644. The number of aromatic nitrogens is 3. The van der Waals surface area contributed by atoms with Crippen molar-refractivity contribution in [3.8, 4) is 28.5 Å². The van der Waals surface area contributed by atoms with Crippen LogP contribution in [0.25, 0.3) is 11.3 Å². The lowest BCUT2D eigenvalue weighted by molar-refractivity contribution is -0.385. The number of rotatable bonds is 7. The molecule has 0 aliphatic rings. The molecule has 1 aromatic heterocycles. The first kappa shape index (κ1) is 20.3.